The molecule has 1 aromatic carbocycles. The number of allylic oxidation sites excluding steroid dienone is 1. The molecule has 0 unspecified atom stereocenters. The number of hydrogen-bond donors (Lipinski definition) is 2. The molecule has 0 aliphatic rings. The van der Waals surface area contributed by atoms with Crippen LogP contribution in [0.15, 0.2) is 24.3 Å². The molecule has 18 heavy (non-hydrogen) atoms. The molecule has 0 saturated carbocycles. The van der Waals surface area contributed by atoms with Crippen LogP contribution in [-0.2, 0) is 4.79 Å². The third-order valence-electron chi connectivity index (χ3n) is 2.87. The lowest BCUT2D eigenvalue weighted by atomic mass is 10.0. The smallest absolute Gasteiger partial charge is 0.328 e. The summed E-state index contributed by atoms with van der Waals surface area (Å²) in [5.41, 5.74) is 2.02. The number of hydrogen-bond acceptors (Lipinski definition) is 3. The quantitative estimate of drug-likeness (QED) is 0.788. The van der Waals surface area contributed by atoms with Gasteiger partial charge >= 0.3 is 5.97 Å². The van der Waals surface area contributed by atoms with E-state index >= 15 is 0 Å². The summed E-state index contributed by atoms with van der Waals surface area (Å²) in [7, 11) is 0. The Morgan fingerprint density at radius 3 is 2.39 bits per heavy atom. The molecule has 0 bridgehead atoms. The molecule has 0 heterocycles. The summed E-state index contributed by atoms with van der Waals surface area (Å²) in [5, 5.41) is 18.6. The highest BCUT2D eigenvalue weighted by atomic mass is 16.4. The second-order valence-electron chi connectivity index (χ2n) is 4.04. The highest BCUT2D eigenvalue weighted by Crippen LogP contribution is 2.29. The highest BCUT2D eigenvalue weighted by Gasteiger charge is 2.08. The van der Waals surface area contributed by atoms with Gasteiger partial charge in [0.2, 0.25) is 0 Å². The van der Waals surface area contributed by atoms with E-state index in [0.717, 1.165) is 24.9 Å². The predicted octanol–water partition coefficient (Wildman–Crippen LogP) is 2.73. The second-order valence-corrected chi connectivity index (χ2v) is 4.04. The monoisotopic (exact) mass is 249 g/mol. The van der Waals surface area contributed by atoms with Crippen molar-refractivity contribution < 1.29 is 15.0 Å². The van der Waals surface area contributed by atoms with Crippen LogP contribution in [0.25, 0.3) is 5.57 Å². The van der Waals surface area contributed by atoms with Gasteiger partial charge in [-0.15, -0.1) is 0 Å². The fourth-order valence-electron chi connectivity index (χ4n) is 1.90. The number of carbonyl (C=O) groups is 1. The number of anilines is 1. The molecule has 0 aliphatic carbocycles. The predicted molar refractivity (Wildman–Crippen MR) is 73.0 cm³/mol. The van der Waals surface area contributed by atoms with Crippen LogP contribution < -0.4 is 4.90 Å². The fourth-order valence-corrected chi connectivity index (χ4v) is 1.90. The van der Waals surface area contributed by atoms with E-state index < -0.39 is 5.97 Å². The summed E-state index contributed by atoms with van der Waals surface area (Å²) in [4.78, 5) is 12.7. The zero-order chi connectivity index (χ0) is 13.7. The molecule has 0 radical (unpaired) electrons. The standard InChI is InChI=1S/C14H19NO3/c1-4-15(5-2)11-6-7-12(13(16)9-11)10(3)8-14(17)18/h6-9,16H,4-5H2,1-3H3,(H,17,18)/b10-8-. The van der Waals surface area contributed by atoms with Gasteiger partial charge in [0.15, 0.2) is 0 Å². The van der Waals surface area contributed by atoms with Gasteiger partial charge in [-0.05, 0) is 38.5 Å². The Morgan fingerprint density at radius 2 is 1.94 bits per heavy atom. The average molecular weight is 249 g/mol. The first-order valence-electron chi connectivity index (χ1n) is 5.99. The van der Waals surface area contributed by atoms with Crippen molar-refractivity contribution in [3.8, 4) is 5.75 Å². The topological polar surface area (TPSA) is 60.8 Å². The average Bonchev–Trinajstić information content (AvgIpc) is 2.29. The number of carboxylic acids is 1. The van der Waals surface area contributed by atoms with Crippen molar-refractivity contribution in [2.45, 2.75) is 20.8 Å². The SMILES string of the molecule is CCN(CC)c1ccc(/C(C)=C\C(=O)O)c(O)c1. The molecule has 0 saturated heterocycles. The third-order valence-corrected chi connectivity index (χ3v) is 2.87. The van der Waals surface area contributed by atoms with Gasteiger partial charge in [0.25, 0.3) is 0 Å². The van der Waals surface area contributed by atoms with Gasteiger partial charge in [0.1, 0.15) is 5.75 Å². The van der Waals surface area contributed by atoms with Gasteiger partial charge in [0.05, 0.1) is 0 Å². The van der Waals surface area contributed by atoms with Crippen molar-refractivity contribution in [2.75, 3.05) is 18.0 Å². The van der Waals surface area contributed by atoms with Crippen LogP contribution >= 0.6 is 0 Å². The van der Waals surface area contributed by atoms with Crippen LogP contribution in [0, 0.1) is 0 Å². The Labute approximate surface area is 107 Å². The number of aromatic hydroxyl groups is 1. The number of rotatable bonds is 5. The van der Waals surface area contributed by atoms with Crippen LogP contribution in [0.4, 0.5) is 5.69 Å². The lowest BCUT2D eigenvalue weighted by Gasteiger charge is -2.21. The molecule has 0 aliphatic heterocycles. The first kappa shape index (κ1) is 14.1. The molecular weight excluding hydrogens is 230 g/mol. The lowest BCUT2D eigenvalue weighted by Crippen LogP contribution is -2.21. The summed E-state index contributed by atoms with van der Waals surface area (Å²) in [5.74, 6) is -0.908. The van der Waals surface area contributed by atoms with Crippen LogP contribution in [0.5, 0.6) is 5.75 Å². The minimum absolute atomic E-state index is 0.106. The summed E-state index contributed by atoms with van der Waals surface area (Å²) in [6.45, 7) is 7.48. The Bertz CT molecular complexity index is 462. The van der Waals surface area contributed by atoms with E-state index in [9.17, 15) is 9.90 Å². The first-order chi connectivity index (χ1) is 8.49. The van der Waals surface area contributed by atoms with E-state index in [-0.39, 0.29) is 5.75 Å². The van der Waals surface area contributed by atoms with Gasteiger partial charge in [-0.1, -0.05) is 0 Å². The van der Waals surface area contributed by atoms with Crippen LogP contribution in [0.2, 0.25) is 0 Å². The summed E-state index contributed by atoms with van der Waals surface area (Å²) >= 11 is 0. The zero-order valence-corrected chi connectivity index (χ0v) is 11.0. The Balaban J connectivity index is 3.10. The van der Waals surface area contributed by atoms with Crippen LogP contribution in [-0.4, -0.2) is 29.3 Å². The van der Waals surface area contributed by atoms with E-state index in [0.29, 0.717) is 11.1 Å². The molecule has 4 heteroatoms. The molecule has 0 atom stereocenters. The van der Waals surface area contributed by atoms with Gasteiger partial charge < -0.3 is 15.1 Å². The van der Waals surface area contributed by atoms with Crippen molar-refractivity contribution in [1.82, 2.24) is 0 Å². The molecule has 1 aromatic rings. The molecule has 0 amide bonds. The number of phenolic OH excluding ortho intramolecular Hbond substituents is 1. The zero-order valence-electron chi connectivity index (χ0n) is 11.0. The summed E-state index contributed by atoms with van der Waals surface area (Å²) in [6, 6.07) is 5.31. The number of benzene rings is 1. The maximum absolute atomic E-state index is 10.6. The fraction of sp³-hybridized carbons (Fsp3) is 0.357. The Hall–Kier alpha value is -1.97. The Kier molecular flexibility index (Phi) is 4.77. The number of carboxylic acid groups (broad SMARTS) is 1. The summed E-state index contributed by atoms with van der Waals surface area (Å²) < 4.78 is 0. The van der Waals surface area contributed by atoms with Crippen molar-refractivity contribution >= 4 is 17.2 Å². The largest absolute Gasteiger partial charge is 0.507 e. The van der Waals surface area contributed by atoms with E-state index in [1.54, 1.807) is 19.1 Å². The van der Waals surface area contributed by atoms with Crippen LogP contribution in [0.1, 0.15) is 26.3 Å². The van der Waals surface area contributed by atoms with Crippen molar-refractivity contribution in [3.63, 3.8) is 0 Å². The normalized spacial score (nSPS) is 11.4. The molecule has 98 valence electrons. The van der Waals surface area contributed by atoms with Gasteiger partial charge in [-0.25, -0.2) is 4.79 Å². The maximum Gasteiger partial charge on any atom is 0.328 e. The number of aliphatic carboxylic acids is 1. The number of phenols is 1. The van der Waals surface area contributed by atoms with E-state index in [1.807, 2.05) is 19.9 Å². The van der Waals surface area contributed by atoms with Crippen molar-refractivity contribution in [3.05, 3.63) is 29.8 Å². The van der Waals surface area contributed by atoms with Gasteiger partial charge in [-0.3, -0.25) is 0 Å². The molecule has 1 rings (SSSR count). The minimum Gasteiger partial charge on any atom is -0.507 e. The second kappa shape index (κ2) is 6.10. The minimum atomic E-state index is -1.01. The van der Waals surface area contributed by atoms with E-state index in [2.05, 4.69) is 4.90 Å². The summed E-state index contributed by atoms with van der Waals surface area (Å²) in [6.07, 6.45) is 1.09. The molecule has 0 aromatic heterocycles. The molecule has 0 fully saturated rings. The van der Waals surface area contributed by atoms with Crippen molar-refractivity contribution in [2.24, 2.45) is 0 Å². The van der Waals surface area contributed by atoms with Crippen LogP contribution in [0.3, 0.4) is 0 Å². The number of nitrogens with zero attached hydrogens (tertiary/aromatic N) is 1. The van der Waals surface area contributed by atoms with E-state index in [4.69, 9.17) is 5.11 Å². The Morgan fingerprint density at radius 1 is 1.33 bits per heavy atom. The van der Waals surface area contributed by atoms with E-state index in [1.165, 1.54) is 0 Å². The molecule has 2 N–H and O–H groups in total. The maximum atomic E-state index is 10.6. The molecule has 0 spiro atoms. The first-order valence-corrected chi connectivity index (χ1v) is 5.99. The lowest BCUT2D eigenvalue weighted by molar-refractivity contribution is -0.131. The van der Waals surface area contributed by atoms with Gasteiger partial charge in [0, 0.05) is 36.5 Å². The van der Waals surface area contributed by atoms with Crippen molar-refractivity contribution in [1.29, 1.82) is 0 Å². The third kappa shape index (κ3) is 3.26. The van der Waals surface area contributed by atoms with Gasteiger partial charge in [-0.2, -0.15) is 0 Å². The molecular formula is C14H19NO3. The highest BCUT2D eigenvalue weighted by molar-refractivity contribution is 5.90. The molecule has 4 nitrogen and oxygen atoms in total.